The van der Waals surface area contributed by atoms with E-state index in [2.05, 4.69) is 25.3 Å². The fourth-order valence-corrected chi connectivity index (χ4v) is 3.35. The third-order valence-electron chi connectivity index (χ3n) is 4.62. The van der Waals surface area contributed by atoms with Gasteiger partial charge in [0.2, 0.25) is 0 Å². The number of nitrogens with two attached hydrogens (primary N) is 1. The van der Waals surface area contributed by atoms with E-state index >= 15 is 0 Å². The number of carbonyl (C=O) groups is 1. The number of fused-ring (bicyclic) bond motifs is 1. The van der Waals surface area contributed by atoms with E-state index in [9.17, 15) is 9.90 Å². The molecule has 0 radical (unpaired) electrons. The third kappa shape index (κ3) is 3.42. The summed E-state index contributed by atoms with van der Waals surface area (Å²) in [6, 6.07) is 3.68. The number of nitrogens with zero attached hydrogens (tertiary/aromatic N) is 1. The first-order valence-corrected chi connectivity index (χ1v) is 8.63. The molecule has 0 bridgehead atoms. The molecule has 0 spiro atoms. The number of unbranched alkanes of at least 4 members (excludes halogenated alkanes) is 1. The molecule has 1 heterocycles. The van der Waals surface area contributed by atoms with Crippen molar-refractivity contribution >= 4 is 16.9 Å². The summed E-state index contributed by atoms with van der Waals surface area (Å²) in [6.07, 6.45) is 4.94. The lowest BCUT2D eigenvalue weighted by atomic mass is 10.00. The largest absolute Gasteiger partial charge is 0.478 e. The standard InChI is InChI=1S/C19H28N2O2/c1-4-6-10-21-13(3)16(8-7-9-20)17-12-15(19(22)23)11-14(5-2)18(17)21/h11-12H,4-10,20H2,1-3H3,(H,22,23). The number of aryl methyl sites for hydroxylation is 3. The van der Waals surface area contributed by atoms with Crippen molar-refractivity contribution in [3.05, 3.63) is 34.5 Å². The quantitative estimate of drug-likeness (QED) is 0.776. The van der Waals surface area contributed by atoms with Gasteiger partial charge in [0.05, 0.1) is 11.1 Å². The van der Waals surface area contributed by atoms with Crippen molar-refractivity contribution < 1.29 is 9.90 Å². The van der Waals surface area contributed by atoms with Crippen LogP contribution in [-0.4, -0.2) is 22.2 Å². The fourth-order valence-electron chi connectivity index (χ4n) is 3.35. The van der Waals surface area contributed by atoms with Crippen LogP contribution in [0.5, 0.6) is 0 Å². The molecule has 126 valence electrons. The molecule has 2 rings (SSSR count). The number of benzene rings is 1. The summed E-state index contributed by atoms with van der Waals surface area (Å²) in [5, 5.41) is 10.5. The van der Waals surface area contributed by atoms with Gasteiger partial charge in [-0.15, -0.1) is 0 Å². The van der Waals surface area contributed by atoms with Crippen molar-refractivity contribution in [1.29, 1.82) is 0 Å². The molecule has 3 N–H and O–H groups in total. The van der Waals surface area contributed by atoms with Crippen LogP contribution in [0, 0.1) is 6.92 Å². The normalized spacial score (nSPS) is 11.3. The van der Waals surface area contributed by atoms with E-state index in [1.165, 1.54) is 16.8 Å². The molecule has 0 saturated heterocycles. The van der Waals surface area contributed by atoms with Gasteiger partial charge in [-0.3, -0.25) is 0 Å². The van der Waals surface area contributed by atoms with E-state index in [4.69, 9.17) is 5.73 Å². The van der Waals surface area contributed by atoms with Crippen molar-refractivity contribution in [3.63, 3.8) is 0 Å². The van der Waals surface area contributed by atoms with E-state index in [0.29, 0.717) is 12.1 Å². The van der Waals surface area contributed by atoms with Crippen LogP contribution in [-0.2, 0) is 19.4 Å². The molecule has 0 amide bonds. The molecule has 0 saturated carbocycles. The van der Waals surface area contributed by atoms with Crippen molar-refractivity contribution in [2.75, 3.05) is 6.54 Å². The summed E-state index contributed by atoms with van der Waals surface area (Å²) in [6.45, 7) is 8.08. The van der Waals surface area contributed by atoms with Gasteiger partial charge in [0.25, 0.3) is 0 Å². The molecule has 0 aliphatic rings. The van der Waals surface area contributed by atoms with Crippen molar-refractivity contribution in [2.45, 2.75) is 59.4 Å². The number of hydrogen-bond acceptors (Lipinski definition) is 2. The van der Waals surface area contributed by atoms with Crippen LogP contribution < -0.4 is 5.73 Å². The van der Waals surface area contributed by atoms with Crippen LogP contribution in [0.4, 0.5) is 0 Å². The first-order chi connectivity index (χ1) is 11.0. The predicted octanol–water partition coefficient (Wildman–Crippen LogP) is 3.90. The number of carboxylic acids is 1. The summed E-state index contributed by atoms with van der Waals surface area (Å²) in [7, 11) is 0. The molecule has 4 nitrogen and oxygen atoms in total. The fraction of sp³-hybridized carbons (Fsp3) is 0.526. The second-order valence-electron chi connectivity index (χ2n) is 6.15. The van der Waals surface area contributed by atoms with Crippen molar-refractivity contribution in [3.8, 4) is 0 Å². The van der Waals surface area contributed by atoms with Gasteiger partial charge in [0.1, 0.15) is 0 Å². The highest BCUT2D eigenvalue weighted by Gasteiger charge is 2.18. The highest BCUT2D eigenvalue weighted by Crippen LogP contribution is 2.32. The summed E-state index contributed by atoms with van der Waals surface area (Å²) < 4.78 is 2.38. The van der Waals surface area contributed by atoms with Gasteiger partial charge < -0.3 is 15.4 Å². The molecule has 1 aromatic heterocycles. The van der Waals surface area contributed by atoms with Gasteiger partial charge in [-0.2, -0.15) is 0 Å². The van der Waals surface area contributed by atoms with Crippen molar-refractivity contribution in [2.24, 2.45) is 5.73 Å². The minimum absolute atomic E-state index is 0.385. The number of carboxylic acid groups (broad SMARTS) is 1. The van der Waals surface area contributed by atoms with Gasteiger partial charge in [-0.1, -0.05) is 20.3 Å². The van der Waals surface area contributed by atoms with Gasteiger partial charge in [0, 0.05) is 17.6 Å². The van der Waals surface area contributed by atoms with E-state index < -0.39 is 5.97 Å². The minimum Gasteiger partial charge on any atom is -0.478 e. The SMILES string of the molecule is CCCCn1c(C)c(CCCN)c2cc(C(=O)O)cc(CC)c21. The molecule has 0 atom stereocenters. The minimum atomic E-state index is -0.856. The average molecular weight is 316 g/mol. The monoisotopic (exact) mass is 316 g/mol. The number of aromatic carboxylic acids is 1. The maximum absolute atomic E-state index is 11.5. The Morgan fingerprint density at radius 2 is 2.00 bits per heavy atom. The predicted molar refractivity (Wildman–Crippen MR) is 95.3 cm³/mol. The number of rotatable bonds is 8. The van der Waals surface area contributed by atoms with E-state index in [1.54, 1.807) is 0 Å². The molecule has 0 fully saturated rings. The molecule has 4 heteroatoms. The van der Waals surface area contributed by atoms with Crippen LogP contribution in [0.15, 0.2) is 12.1 Å². The zero-order valence-electron chi connectivity index (χ0n) is 14.5. The summed E-state index contributed by atoms with van der Waals surface area (Å²) in [5.41, 5.74) is 10.9. The molecule has 23 heavy (non-hydrogen) atoms. The maximum atomic E-state index is 11.5. The average Bonchev–Trinajstić information content (AvgIpc) is 2.81. The first-order valence-electron chi connectivity index (χ1n) is 8.63. The summed E-state index contributed by atoms with van der Waals surface area (Å²) >= 11 is 0. The third-order valence-corrected chi connectivity index (χ3v) is 4.62. The number of aromatic nitrogens is 1. The Hall–Kier alpha value is -1.81. The topological polar surface area (TPSA) is 68.2 Å². The van der Waals surface area contributed by atoms with Crippen LogP contribution in [0.25, 0.3) is 10.9 Å². The second kappa shape index (κ2) is 7.64. The maximum Gasteiger partial charge on any atom is 0.335 e. The number of hydrogen-bond donors (Lipinski definition) is 2. The Morgan fingerprint density at radius 1 is 1.26 bits per heavy atom. The highest BCUT2D eigenvalue weighted by atomic mass is 16.4. The lowest BCUT2D eigenvalue weighted by molar-refractivity contribution is 0.0697. The van der Waals surface area contributed by atoms with Gasteiger partial charge >= 0.3 is 5.97 Å². The van der Waals surface area contributed by atoms with Crippen LogP contribution >= 0.6 is 0 Å². The Morgan fingerprint density at radius 3 is 2.57 bits per heavy atom. The summed E-state index contributed by atoms with van der Waals surface area (Å²) in [4.78, 5) is 11.5. The lowest BCUT2D eigenvalue weighted by Crippen LogP contribution is -2.04. The van der Waals surface area contributed by atoms with Gasteiger partial charge in [-0.05, 0) is 62.4 Å². The molecule has 0 unspecified atom stereocenters. The van der Waals surface area contributed by atoms with E-state index in [-0.39, 0.29) is 0 Å². The second-order valence-corrected chi connectivity index (χ2v) is 6.15. The molecule has 0 aliphatic carbocycles. The lowest BCUT2D eigenvalue weighted by Gasteiger charge is -2.11. The van der Waals surface area contributed by atoms with Gasteiger partial charge in [0.15, 0.2) is 0 Å². The Balaban J connectivity index is 2.73. The van der Waals surface area contributed by atoms with Crippen LogP contribution in [0.2, 0.25) is 0 Å². The molecule has 1 aromatic carbocycles. The van der Waals surface area contributed by atoms with E-state index in [0.717, 1.165) is 49.6 Å². The summed E-state index contributed by atoms with van der Waals surface area (Å²) in [5.74, 6) is -0.856. The van der Waals surface area contributed by atoms with Crippen LogP contribution in [0.1, 0.15) is 60.3 Å². The van der Waals surface area contributed by atoms with E-state index in [1.807, 2.05) is 12.1 Å². The smallest absolute Gasteiger partial charge is 0.335 e. The van der Waals surface area contributed by atoms with Crippen molar-refractivity contribution in [1.82, 2.24) is 4.57 Å². The molecular weight excluding hydrogens is 288 g/mol. The van der Waals surface area contributed by atoms with Crippen LogP contribution in [0.3, 0.4) is 0 Å². The zero-order valence-corrected chi connectivity index (χ0v) is 14.5. The molecule has 0 aliphatic heterocycles. The highest BCUT2D eigenvalue weighted by molar-refractivity contribution is 5.97. The molecule has 2 aromatic rings. The Labute approximate surface area is 138 Å². The molecular formula is C19H28N2O2. The zero-order chi connectivity index (χ0) is 17.0. The van der Waals surface area contributed by atoms with Gasteiger partial charge in [-0.25, -0.2) is 4.79 Å². The Bertz CT molecular complexity index is 701. The Kier molecular flexibility index (Phi) is 5.83. The first kappa shape index (κ1) is 17.5.